The van der Waals surface area contributed by atoms with E-state index in [1.807, 2.05) is 36.4 Å². The lowest BCUT2D eigenvalue weighted by Crippen LogP contribution is -2.37. The Labute approximate surface area is 157 Å². The molecule has 0 aliphatic heterocycles. The van der Waals surface area contributed by atoms with E-state index in [0.717, 1.165) is 16.7 Å². The first-order valence-electron chi connectivity index (χ1n) is 8.27. The van der Waals surface area contributed by atoms with Gasteiger partial charge in [0.25, 0.3) is 0 Å². The van der Waals surface area contributed by atoms with Crippen LogP contribution in [-0.2, 0) is 17.9 Å². The summed E-state index contributed by atoms with van der Waals surface area (Å²) in [7, 11) is 0. The number of benzene rings is 1. The van der Waals surface area contributed by atoms with E-state index in [2.05, 4.69) is 20.6 Å². The molecule has 3 aromatic rings. The molecule has 2 aromatic heterocycles. The third kappa shape index (κ3) is 5.12. The van der Waals surface area contributed by atoms with Gasteiger partial charge >= 0.3 is 0 Å². The van der Waals surface area contributed by atoms with Gasteiger partial charge < -0.3 is 5.32 Å². The molecule has 3 rings (SSSR count). The monoisotopic (exact) mass is 366 g/mol. The highest BCUT2D eigenvalue weighted by molar-refractivity contribution is 6.30. The number of rotatable bonds is 7. The molecular weight excluding hydrogens is 348 g/mol. The van der Waals surface area contributed by atoms with Crippen LogP contribution >= 0.6 is 11.6 Å². The molecule has 6 heteroatoms. The number of amides is 1. The molecule has 1 aromatic carbocycles. The first-order chi connectivity index (χ1) is 12.7. The first-order valence-corrected chi connectivity index (χ1v) is 8.64. The number of carbonyl (C=O) groups excluding carboxylic acids is 1. The Kier molecular flexibility index (Phi) is 6.30. The van der Waals surface area contributed by atoms with E-state index in [-0.39, 0.29) is 5.91 Å². The van der Waals surface area contributed by atoms with Crippen LogP contribution in [-0.4, -0.2) is 15.9 Å². The second-order valence-corrected chi connectivity index (χ2v) is 6.24. The molecule has 0 saturated heterocycles. The van der Waals surface area contributed by atoms with Crippen molar-refractivity contribution in [3.63, 3.8) is 0 Å². The SMILES string of the molecule is O=C(NCc1ccncc1)C(NCc1cccnc1)c1ccc(Cl)cc1. The van der Waals surface area contributed by atoms with Crippen molar-refractivity contribution >= 4 is 17.5 Å². The van der Waals surface area contributed by atoms with Gasteiger partial charge in [0.1, 0.15) is 6.04 Å². The van der Waals surface area contributed by atoms with Gasteiger partial charge in [-0.3, -0.25) is 20.1 Å². The largest absolute Gasteiger partial charge is 0.350 e. The quantitative estimate of drug-likeness (QED) is 0.673. The molecule has 26 heavy (non-hydrogen) atoms. The molecule has 1 unspecified atom stereocenters. The summed E-state index contributed by atoms with van der Waals surface area (Å²) >= 11 is 5.97. The van der Waals surface area contributed by atoms with Crippen molar-refractivity contribution in [3.05, 3.63) is 95.0 Å². The summed E-state index contributed by atoms with van der Waals surface area (Å²) < 4.78 is 0. The summed E-state index contributed by atoms with van der Waals surface area (Å²) in [6, 6.07) is 14.4. The average molecular weight is 367 g/mol. The van der Waals surface area contributed by atoms with Gasteiger partial charge in [0.2, 0.25) is 5.91 Å². The van der Waals surface area contributed by atoms with Crippen molar-refractivity contribution in [3.8, 4) is 0 Å². The predicted octanol–water partition coefficient (Wildman–Crippen LogP) is 3.28. The zero-order chi connectivity index (χ0) is 18.2. The van der Waals surface area contributed by atoms with Crippen molar-refractivity contribution in [2.75, 3.05) is 0 Å². The Morgan fingerprint density at radius 2 is 1.69 bits per heavy atom. The Hall–Kier alpha value is -2.76. The second kappa shape index (κ2) is 9.08. The van der Waals surface area contributed by atoms with Crippen LogP contribution in [0, 0.1) is 0 Å². The van der Waals surface area contributed by atoms with Crippen LogP contribution in [0.5, 0.6) is 0 Å². The highest BCUT2D eigenvalue weighted by Gasteiger charge is 2.20. The van der Waals surface area contributed by atoms with Gasteiger partial charge in [-0.25, -0.2) is 0 Å². The van der Waals surface area contributed by atoms with E-state index in [0.29, 0.717) is 18.1 Å². The van der Waals surface area contributed by atoms with Crippen LogP contribution in [0.25, 0.3) is 0 Å². The van der Waals surface area contributed by atoms with E-state index in [4.69, 9.17) is 11.6 Å². The maximum absolute atomic E-state index is 12.8. The van der Waals surface area contributed by atoms with E-state index < -0.39 is 6.04 Å². The molecule has 0 spiro atoms. The van der Waals surface area contributed by atoms with Crippen molar-refractivity contribution in [1.82, 2.24) is 20.6 Å². The Morgan fingerprint density at radius 3 is 2.38 bits per heavy atom. The number of nitrogens with one attached hydrogen (secondary N) is 2. The van der Waals surface area contributed by atoms with Gasteiger partial charge in [-0.05, 0) is 47.0 Å². The van der Waals surface area contributed by atoms with E-state index >= 15 is 0 Å². The maximum Gasteiger partial charge on any atom is 0.242 e. The van der Waals surface area contributed by atoms with Gasteiger partial charge in [-0.15, -0.1) is 0 Å². The molecular formula is C20H19ClN4O. The minimum atomic E-state index is -0.491. The zero-order valence-corrected chi connectivity index (χ0v) is 14.9. The molecule has 1 atom stereocenters. The maximum atomic E-state index is 12.8. The Balaban J connectivity index is 1.71. The third-order valence-electron chi connectivity index (χ3n) is 3.91. The lowest BCUT2D eigenvalue weighted by atomic mass is 10.1. The van der Waals surface area contributed by atoms with Crippen LogP contribution in [0.4, 0.5) is 0 Å². The second-order valence-electron chi connectivity index (χ2n) is 5.80. The average Bonchev–Trinajstić information content (AvgIpc) is 2.69. The molecule has 0 fully saturated rings. The molecule has 2 heterocycles. The van der Waals surface area contributed by atoms with Crippen LogP contribution in [0.2, 0.25) is 5.02 Å². The number of aromatic nitrogens is 2. The van der Waals surface area contributed by atoms with Crippen molar-refractivity contribution < 1.29 is 4.79 Å². The van der Waals surface area contributed by atoms with Gasteiger partial charge in [-0.1, -0.05) is 29.8 Å². The standard InChI is InChI=1S/C20H19ClN4O/c21-18-5-3-17(4-6-18)19(24-14-16-2-1-9-23-12-16)20(26)25-13-15-7-10-22-11-8-15/h1-12,19,24H,13-14H2,(H,25,26). The molecule has 132 valence electrons. The van der Waals surface area contributed by atoms with E-state index in [1.54, 1.807) is 36.9 Å². The molecule has 0 saturated carbocycles. The lowest BCUT2D eigenvalue weighted by molar-refractivity contribution is -0.123. The summed E-state index contributed by atoms with van der Waals surface area (Å²) in [4.78, 5) is 20.9. The molecule has 1 amide bonds. The third-order valence-corrected chi connectivity index (χ3v) is 4.17. The summed E-state index contributed by atoms with van der Waals surface area (Å²) in [5, 5.41) is 6.91. The molecule has 0 aliphatic carbocycles. The normalized spacial score (nSPS) is 11.7. The summed E-state index contributed by atoms with van der Waals surface area (Å²) in [5.41, 5.74) is 2.86. The Morgan fingerprint density at radius 1 is 0.923 bits per heavy atom. The summed E-state index contributed by atoms with van der Waals surface area (Å²) in [6.45, 7) is 0.976. The van der Waals surface area contributed by atoms with Gasteiger partial charge in [0.05, 0.1) is 0 Å². The number of hydrogen-bond donors (Lipinski definition) is 2. The molecule has 0 radical (unpaired) electrons. The van der Waals surface area contributed by atoms with Crippen LogP contribution in [0.3, 0.4) is 0 Å². The van der Waals surface area contributed by atoms with Crippen LogP contribution < -0.4 is 10.6 Å². The zero-order valence-electron chi connectivity index (χ0n) is 14.1. The molecule has 0 aliphatic rings. The fourth-order valence-electron chi connectivity index (χ4n) is 2.53. The highest BCUT2D eigenvalue weighted by atomic mass is 35.5. The minimum absolute atomic E-state index is 0.104. The molecule has 5 nitrogen and oxygen atoms in total. The lowest BCUT2D eigenvalue weighted by Gasteiger charge is -2.19. The van der Waals surface area contributed by atoms with E-state index in [9.17, 15) is 4.79 Å². The molecule has 0 bridgehead atoms. The van der Waals surface area contributed by atoms with Crippen molar-refractivity contribution in [1.29, 1.82) is 0 Å². The first kappa shape index (κ1) is 18.0. The van der Waals surface area contributed by atoms with Crippen molar-refractivity contribution in [2.45, 2.75) is 19.1 Å². The van der Waals surface area contributed by atoms with Crippen LogP contribution in [0.15, 0.2) is 73.3 Å². The smallest absolute Gasteiger partial charge is 0.242 e. The summed E-state index contributed by atoms with van der Waals surface area (Å²) in [5.74, 6) is -0.104. The predicted molar refractivity (Wildman–Crippen MR) is 101 cm³/mol. The fourth-order valence-corrected chi connectivity index (χ4v) is 2.66. The summed E-state index contributed by atoms with van der Waals surface area (Å²) in [6.07, 6.45) is 6.92. The van der Waals surface area contributed by atoms with Crippen molar-refractivity contribution in [2.24, 2.45) is 0 Å². The number of hydrogen-bond acceptors (Lipinski definition) is 4. The number of carbonyl (C=O) groups is 1. The van der Waals surface area contributed by atoms with Gasteiger partial charge in [0, 0.05) is 42.9 Å². The van der Waals surface area contributed by atoms with Gasteiger partial charge in [0.15, 0.2) is 0 Å². The topological polar surface area (TPSA) is 66.9 Å². The Bertz CT molecular complexity index is 825. The highest BCUT2D eigenvalue weighted by Crippen LogP contribution is 2.18. The van der Waals surface area contributed by atoms with E-state index in [1.165, 1.54) is 0 Å². The van der Waals surface area contributed by atoms with Crippen LogP contribution in [0.1, 0.15) is 22.7 Å². The number of nitrogens with zero attached hydrogens (tertiary/aromatic N) is 2. The minimum Gasteiger partial charge on any atom is -0.350 e. The van der Waals surface area contributed by atoms with Gasteiger partial charge in [-0.2, -0.15) is 0 Å². The molecule has 2 N–H and O–H groups in total. The number of pyridine rings is 2. The number of halogens is 1. The fraction of sp³-hybridized carbons (Fsp3) is 0.150.